The van der Waals surface area contributed by atoms with Gasteiger partial charge in [-0.3, -0.25) is 4.57 Å². The molecule has 0 saturated heterocycles. The number of thiophene rings is 1. The summed E-state index contributed by atoms with van der Waals surface area (Å²) in [4.78, 5) is 5.23. The van der Waals surface area contributed by atoms with Crippen LogP contribution in [0.1, 0.15) is 5.56 Å². The molecule has 0 amide bonds. The lowest BCUT2D eigenvalue weighted by Crippen LogP contribution is -1.98. The fraction of sp³-hybridized carbons (Fsp3) is 0.0333. The largest absolute Gasteiger partial charge is 0.292 e. The van der Waals surface area contributed by atoms with Crippen LogP contribution >= 0.6 is 11.3 Å². The summed E-state index contributed by atoms with van der Waals surface area (Å²) < 4.78 is 4.95. The number of hydrogen-bond donors (Lipinski definition) is 0. The number of benzene rings is 5. The minimum absolute atomic E-state index is 0.990. The molecule has 0 aliphatic heterocycles. The lowest BCUT2D eigenvalue weighted by atomic mass is 10.0. The molecule has 7 aromatic rings. The maximum absolute atomic E-state index is 5.23. The zero-order valence-corrected chi connectivity index (χ0v) is 18.9. The van der Waals surface area contributed by atoms with E-state index in [0.717, 1.165) is 22.5 Å². The van der Waals surface area contributed by atoms with E-state index in [9.17, 15) is 0 Å². The number of imidazole rings is 1. The Hall–Kier alpha value is -3.95. The molecule has 0 saturated carbocycles. The van der Waals surface area contributed by atoms with Crippen LogP contribution in [0.5, 0.6) is 0 Å². The molecule has 2 nitrogen and oxygen atoms in total. The Morgan fingerprint density at radius 2 is 1.45 bits per heavy atom. The van der Waals surface area contributed by atoms with Gasteiger partial charge in [0.1, 0.15) is 5.82 Å². The second-order valence-corrected chi connectivity index (χ2v) is 9.55. The van der Waals surface area contributed by atoms with Crippen molar-refractivity contribution in [3.8, 4) is 17.1 Å². The maximum atomic E-state index is 5.23. The minimum Gasteiger partial charge on any atom is -0.292 e. The number of aryl methyl sites for hydroxylation is 1. The lowest BCUT2D eigenvalue weighted by molar-refractivity contribution is 1.11. The average Bonchev–Trinajstić information content (AvgIpc) is 3.44. The third kappa shape index (κ3) is 2.69. The molecule has 0 bridgehead atoms. The highest BCUT2D eigenvalue weighted by molar-refractivity contribution is 7.26. The number of para-hydroxylation sites is 1. The third-order valence-corrected chi connectivity index (χ3v) is 7.73. The Balaban J connectivity index is 1.67. The van der Waals surface area contributed by atoms with Crippen LogP contribution in [0.2, 0.25) is 0 Å². The van der Waals surface area contributed by atoms with Crippen molar-refractivity contribution in [3.63, 3.8) is 0 Å². The fourth-order valence-corrected chi connectivity index (χ4v) is 6.31. The third-order valence-electron chi connectivity index (χ3n) is 6.53. The van der Waals surface area contributed by atoms with Gasteiger partial charge in [-0.15, -0.1) is 11.3 Å². The van der Waals surface area contributed by atoms with Crippen LogP contribution in [-0.2, 0) is 0 Å². The molecule has 2 heterocycles. The monoisotopic (exact) mass is 440 g/mol. The van der Waals surface area contributed by atoms with Crippen LogP contribution in [0, 0.1) is 6.92 Å². The summed E-state index contributed by atoms with van der Waals surface area (Å²) in [7, 11) is 0. The van der Waals surface area contributed by atoms with Gasteiger partial charge < -0.3 is 0 Å². The van der Waals surface area contributed by atoms with Gasteiger partial charge in [0.2, 0.25) is 0 Å². The van der Waals surface area contributed by atoms with Crippen molar-refractivity contribution in [2.24, 2.45) is 0 Å². The maximum Gasteiger partial charge on any atom is 0.147 e. The van der Waals surface area contributed by atoms with Crippen molar-refractivity contribution < 1.29 is 0 Å². The predicted octanol–water partition coefficient (Wildman–Crippen LogP) is 8.52. The number of hydrogen-bond acceptors (Lipinski definition) is 2. The number of rotatable bonds is 2. The van der Waals surface area contributed by atoms with Crippen molar-refractivity contribution in [2.75, 3.05) is 0 Å². The van der Waals surface area contributed by atoms with Gasteiger partial charge in [-0.2, -0.15) is 0 Å². The molecular weight excluding hydrogens is 420 g/mol. The molecule has 0 N–H and O–H groups in total. The SMILES string of the molecule is Cc1ccc(-c2nc3ccc4ccccc4c3n2-c2ccccc2)c2sc3ccccc3c12. The van der Waals surface area contributed by atoms with E-state index in [1.165, 1.54) is 42.1 Å². The molecule has 2 aromatic heterocycles. The van der Waals surface area contributed by atoms with Gasteiger partial charge in [0, 0.05) is 36.8 Å². The summed E-state index contributed by atoms with van der Waals surface area (Å²) in [6.45, 7) is 2.21. The van der Waals surface area contributed by atoms with Gasteiger partial charge in [-0.25, -0.2) is 4.98 Å². The quantitative estimate of drug-likeness (QED) is 0.263. The summed E-state index contributed by atoms with van der Waals surface area (Å²) in [5.41, 5.74) is 5.78. The van der Waals surface area contributed by atoms with Crippen molar-refractivity contribution in [3.05, 3.63) is 109 Å². The van der Waals surface area contributed by atoms with Gasteiger partial charge in [0.05, 0.1) is 11.0 Å². The van der Waals surface area contributed by atoms with Gasteiger partial charge in [-0.05, 0) is 48.2 Å². The summed E-state index contributed by atoms with van der Waals surface area (Å²) in [5.74, 6) is 0.990. The summed E-state index contributed by atoms with van der Waals surface area (Å²) in [6.07, 6.45) is 0. The van der Waals surface area contributed by atoms with Crippen molar-refractivity contribution in [2.45, 2.75) is 6.92 Å². The van der Waals surface area contributed by atoms with Crippen LogP contribution in [0.4, 0.5) is 0 Å². The Labute approximate surface area is 195 Å². The Morgan fingerprint density at radius 1 is 0.697 bits per heavy atom. The van der Waals surface area contributed by atoms with Crippen LogP contribution in [-0.4, -0.2) is 9.55 Å². The highest BCUT2D eigenvalue weighted by Crippen LogP contribution is 2.43. The normalized spacial score (nSPS) is 11.8. The van der Waals surface area contributed by atoms with E-state index >= 15 is 0 Å². The topological polar surface area (TPSA) is 17.8 Å². The molecule has 5 aromatic carbocycles. The van der Waals surface area contributed by atoms with Crippen molar-refractivity contribution >= 4 is 53.3 Å². The molecule has 156 valence electrons. The standard InChI is InChI=1S/C30H20N2S/c1-19-15-17-24(29-27(19)23-13-7-8-14-26(23)33-29)30-31-25-18-16-20-9-5-6-12-22(20)28(25)32(30)21-10-3-2-4-11-21/h2-18H,1H3. The molecule has 0 aliphatic rings. The predicted molar refractivity (Wildman–Crippen MR) is 142 cm³/mol. The van der Waals surface area contributed by atoms with Gasteiger partial charge in [-0.1, -0.05) is 72.8 Å². The van der Waals surface area contributed by atoms with E-state index in [4.69, 9.17) is 4.98 Å². The Morgan fingerprint density at radius 3 is 2.33 bits per heavy atom. The fourth-order valence-electron chi connectivity index (χ4n) is 5.02. The molecule has 0 radical (unpaired) electrons. The van der Waals surface area contributed by atoms with E-state index in [1.54, 1.807) is 0 Å². The number of fused-ring (bicyclic) bond motifs is 6. The van der Waals surface area contributed by atoms with Crippen LogP contribution in [0.25, 0.3) is 59.1 Å². The van der Waals surface area contributed by atoms with Gasteiger partial charge in [0.15, 0.2) is 0 Å². The molecular formula is C30H20N2S. The summed E-state index contributed by atoms with van der Waals surface area (Å²) >= 11 is 1.86. The zero-order chi connectivity index (χ0) is 21.9. The average molecular weight is 441 g/mol. The Bertz CT molecular complexity index is 1820. The first-order chi connectivity index (χ1) is 16.3. The second kappa shape index (κ2) is 7.03. The molecule has 0 spiro atoms. The molecule has 3 heteroatoms. The van der Waals surface area contributed by atoms with Gasteiger partial charge >= 0.3 is 0 Å². The Kier molecular flexibility index (Phi) is 3.96. The molecule has 33 heavy (non-hydrogen) atoms. The molecule has 0 unspecified atom stereocenters. The smallest absolute Gasteiger partial charge is 0.147 e. The first-order valence-electron chi connectivity index (χ1n) is 11.2. The van der Waals surface area contributed by atoms with E-state index in [0.29, 0.717) is 0 Å². The van der Waals surface area contributed by atoms with E-state index in [1.807, 2.05) is 11.3 Å². The highest BCUT2D eigenvalue weighted by atomic mass is 32.1. The van der Waals surface area contributed by atoms with Crippen molar-refractivity contribution in [1.82, 2.24) is 9.55 Å². The van der Waals surface area contributed by atoms with Crippen LogP contribution < -0.4 is 0 Å². The summed E-state index contributed by atoms with van der Waals surface area (Å²) in [6, 6.07) is 36.7. The van der Waals surface area contributed by atoms with Gasteiger partial charge in [0.25, 0.3) is 0 Å². The molecule has 0 fully saturated rings. The summed E-state index contributed by atoms with van der Waals surface area (Å²) in [5, 5.41) is 5.11. The van der Waals surface area contributed by atoms with Crippen LogP contribution in [0.15, 0.2) is 103 Å². The van der Waals surface area contributed by atoms with Crippen LogP contribution in [0.3, 0.4) is 0 Å². The number of aromatic nitrogens is 2. The minimum atomic E-state index is 0.990. The van der Waals surface area contributed by atoms with E-state index < -0.39 is 0 Å². The molecule has 0 atom stereocenters. The first-order valence-corrected chi connectivity index (χ1v) is 12.0. The first kappa shape index (κ1) is 18.6. The molecule has 7 rings (SSSR count). The second-order valence-electron chi connectivity index (χ2n) is 8.49. The van der Waals surface area contributed by atoms with E-state index in [-0.39, 0.29) is 0 Å². The lowest BCUT2D eigenvalue weighted by Gasteiger charge is -2.12. The zero-order valence-electron chi connectivity index (χ0n) is 18.1. The highest BCUT2D eigenvalue weighted by Gasteiger charge is 2.20. The molecule has 0 aliphatic carbocycles. The van der Waals surface area contributed by atoms with E-state index in [2.05, 4.69) is 115 Å². The van der Waals surface area contributed by atoms with Crippen molar-refractivity contribution in [1.29, 1.82) is 0 Å². The number of nitrogens with zero attached hydrogens (tertiary/aromatic N) is 2.